The van der Waals surface area contributed by atoms with E-state index in [0.29, 0.717) is 0 Å². The third-order valence-corrected chi connectivity index (χ3v) is 1.56. The lowest BCUT2D eigenvalue weighted by Crippen LogP contribution is -2.08. The Morgan fingerprint density at radius 1 is 1.23 bits per heavy atom. The van der Waals surface area contributed by atoms with Crippen LogP contribution in [0.4, 0.5) is 17.6 Å². The van der Waals surface area contributed by atoms with Crippen molar-refractivity contribution in [1.82, 2.24) is 0 Å². The van der Waals surface area contributed by atoms with Gasteiger partial charge in [0.2, 0.25) is 0 Å². The summed E-state index contributed by atoms with van der Waals surface area (Å²) in [4.78, 5) is 0. The van der Waals surface area contributed by atoms with Gasteiger partial charge in [-0.2, -0.15) is 13.2 Å². The highest BCUT2D eigenvalue weighted by Crippen LogP contribution is 2.33. The molecule has 0 radical (unpaired) electrons. The Morgan fingerprint density at radius 3 is 2.23 bits per heavy atom. The largest absolute Gasteiger partial charge is 0.417 e. The molecule has 1 aromatic carbocycles. The molecule has 0 saturated carbocycles. The lowest BCUT2D eigenvalue weighted by Gasteiger charge is -2.09. The van der Waals surface area contributed by atoms with Gasteiger partial charge in [-0.15, -0.1) is 0 Å². The van der Waals surface area contributed by atoms with Gasteiger partial charge in [-0.25, -0.2) is 4.39 Å². The molecule has 1 rings (SSSR count). The zero-order chi connectivity index (χ0) is 10.1. The summed E-state index contributed by atoms with van der Waals surface area (Å²) in [6.07, 6.45) is -3.68. The van der Waals surface area contributed by atoms with E-state index in [2.05, 4.69) is 6.58 Å². The van der Waals surface area contributed by atoms with Gasteiger partial charge in [-0.05, 0) is 12.1 Å². The van der Waals surface area contributed by atoms with Gasteiger partial charge < -0.3 is 0 Å². The average molecular weight is 190 g/mol. The van der Waals surface area contributed by atoms with E-state index in [9.17, 15) is 17.6 Å². The van der Waals surface area contributed by atoms with Crippen molar-refractivity contribution in [3.8, 4) is 0 Å². The van der Waals surface area contributed by atoms with E-state index in [1.54, 1.807) is 0 Å². The van der Waals surface area contributed by atoms with Crippen molar-refractivity contribution in [3.05, 3.63) is 41.7 Å². The first-order valence-corrected chi connectivity index (χ1v) is 3.45. The van der Waals surface area contributed by atoms with E-state index in [4.69, 9.17) is 0 Å². The standard InChI is InChI=1S/C9H6F4/c1-2-6-7(9(11,12)13)4-3-5-8(6)10/h2-5H,1H2. The maximum absolute atomic E-state index is 12.8. The molecule has 0 bridgehead atoms. The Morgan fingerprint density at radius 2 is 1.85 bits per heavy atom. The fraction of sp³-hybridized carbons (Fsp3) is 0.111. The second kappa shape index (κ2) is 3.20. The van der Waals surface area contributed by atoms with Gasteiger partial charge in [0, 0.05) is 5.56 Å². The van der Waals surface area contributed by atoms with Gasteiger partial charge in [-0.1, -0.05) is 18.7 Å². The first-order valence-electron chi connectivity index (χ1n) is 3.45. The zero-order valence-corrected chi connectivity index (χ0v) is 6.53. The third kappa shape index (κ3) is 1.88. The van der Waals surface area contributed by atoms with Gasteiger partial charge in [-0.3, -0.25) is 0 Å². The molecule has 0 aliphatic carbocycles. The van der Waals surface area contributed by atoms with Crippen LogP contribution in [0.25, 0.3) is 6.08 Å². The highest BCUT2D eigenvalue weighted by Gasteiger charge is 2.33. The molecule has 0 fully saturated rings. The molecule has 0 heterocycles. The maximum Gasteiger partial charge on any atom is 0.417 e. The number of rotatable bonds is 1. The summed E-state index contributed by atoms with van der Waals surface area (Å²) in [5.41, 5.74) is -1.50. The second-order valence-electron chi connectivity index (χ2n) is 2.40. The summed E-state index contributed by atoms with van der Waals surface area (Å²) in [6, 6.07) is 2.80. The van der Waals surface area contributed by atoms with Gasteiger partial charge in [0.25, 0.3) is 0 Å². The molecule has 70 valence electrons. The minimum absolute atomic E-state index is 0.505. The average Bonchev–Trinajstić information content (AvgIpc) is 2.02. The van der Waals surface area contributed by atoms with Crippen molar-refractivity contribution in [1.29, 1.82) is 0 Å². The monoisotopic (exact) mass is 190 g/mol. The molecular weight excluding hydrogens is 184 g/mol. The Labute approximate surface area is 72.5 Å². The molecule has 0 nitrogen and oxygen atoms in total. The summed E-state index contributed by atoms with van der Waals surface area (Å²) in [5.74, 6) is -0.912. The quantitative estimate of drug-likeness (QED) is 0.594. The lowest BCUT2D eigenvalue weighted by atomic mass is 10.1. The fourth-order valence-electron chi connectivity index (χ4n) is 0.992. The van der Waals surface area contributed by atoms with E-state index in [0.717, 1.165) is 24.3 Å². The molecule has 0 aliphatic rings. The maximum atomic E-state index is 12.8. The SMILES string of the molecule is C=Cc1c(F)cccc1C(F)(F)F. The van der Waals surface area contributed by atoms with Crippen LogP contribution in [-0.2, 0) is 6.18 Å². The van der Waals surface area contributed by atoms with Gasteiger partial charge in [0.1, 0.15) is 5.82 Å². The van der Waals surface area contributed by atoms with E-state index in [-0.39, 0.29) is 0 Å². The molecule has 0 atom stereocenters. The number of halogens is 4. The first-order chi connectivity index (χ1) is 5.96. The Kier molecular flexibility index (Phi) is 2.40. The molecule has 0 saturated heterocycles. The van der Waals surface area contributed by atoms with Crippen LogP contribution < -0.4 is 0 Å². The minimum atomic E-state index is -4.54. The number of alkyl halides is 3. The number of hydrogen-bond acceptors (Lipinski definition) is 0. The predicted molar refractivity (Wildman–Crippen MR) is 41.5 cm³/mol. The number of benzene rings is 1. The van der Waals surface area contributed by atoms with Crippen LogP contribution in [0, 0.1) is 5.82 Å². The van der Waals surface area contributed by atoms with Crippen LogP contribution in [0.3, 0.4) is 0 Å². The molecule has 0 aliphatic heterocycles. The van der Waals surface area contributed by atoms with Crippen molar-refractivity contribution in [2.75, 3.05) is 0 Å². The summed E-state index contributed by atoms with van der Waals surface area (Å²) < 4.78 is 49.4. The zero-order valence-electron chi connectivity index (χ0n) is 6.53. The molecule has 0 amide bonds. The molecule has 1 aromatic rings. The first kappa shape index (κ1) is 9.77. The minimum Gasteiger partial charge on any atom is -0.206 e. The highest BCUT2D eigenvalue weighted by atomic mass is 19.4. The van der Waals surface area contributed by atoms with Crippen LogP contribution in [-0.4, -0.2) is 0 Å². The van der Waals surface area contributed by atoms with Crippen LogP contribution in [0.2, 0.25) is 0 Å². The van der Waals surface area contributed by atoms with E-state index < -0.39 is 23.1 Å². The summed E-state index contributed by atoms with van der Waals surface area (Å²) in [7, 11) is 0. The lowest BCUT2D eigenvalue weighted by molar-refractivity contribution is -0.137. The third-order valence-electron chi connectivity index (χ3n) is 1.56. The van der Waals surface area contributed by atoms with Crippen LogP contribution in [0.1, 0.15) is 11.1 Å². The Hall–Kier alpha value is -1.32. The predicted octanol–water partition coefficient (Wildman–Crippen LogP) is 3.49. The summed E-state index contributed by atoms with van der Waals surface area (Å²) in [5, 5.41) is 0. The topological polar surface area (TPSA) is 0 Å². The molecule has 0 unspecified atom stereocenters. The van der Waals surface area contributed by atoms with Crippen LogP contribution in [0.5, 0.6) is 0 Å². The van der Waals surface area contributed by atoms with Gasteiger partial charge in [0.15, 0.2) is 0 Å². The molecule has 4 heteroatoms. The normalized spacial score (nSPS) is 11.4. The van der Waals surface area contributed by atoms with Crippen LogP contribution in [0.15, 0.2) is 24.8 Å². The van der Waals surface area contributed by atoms with E-state index in [1.807, 2.05) is 0 Å². The van der Waals surface area contributed by atoms with Gasteiger partial charge in [0.05, 0.1) is 5.56 Å². The highest BCUT2D eigenvalue weighted by molar-refractivity contribution is 5.53. The van der Waals surface area contributed by atoms with Crippen molar-refractivity contribution in [3.63, 3.8) is 0 Å². The fourth-order valence-corrected chi connectivity index (χ4v) is 0.992. The van der Waals surface area contributed by atoms with Crippen LogP contribution >= 0.6 is 0 Å². The van der Waals surface area contributed by atoms with Crippen molar-refractivity contribution in [2.24, 2.45) is 0 Å². The van der Waals surface area contributed by atoms with Crippen molar-refractivity contribution in [2.45, 2.75) is 6.18 Å². The van der Waals surface area contributed by atoms with Crippen molar-refractivity contribution >= 4 is 6.08 Å². The Bertz CT molecular complexity index is 325. The van der Waals surface area contributed by atoms with E-state index in [1.165, 1.54) is 0 Å². The van der Waals surface area contributed by atoms with Crippen molar-refractivity contribution < 1.29 is 17.6 Å². The van der Waals surface area contributed by atoms with E-state index >= 15 is 0 Å². The molecule has 0 aromatic heterocycles. The second-order valence-corrected chi connectivity index (χ2v) is 2.40. The molecular formula is C9H6F4. The summed E-state index contributed by atoms with van der Waals surface area (Å²) >= 11 is 0. The Balaban J connectivity index is 3.37. The number of hydrogen-bond donors (Lipinski definition) is 0. The summed E-state index contributed by atoms with van der Waals surface area (Å²) in [6.45, 7) is 3.13. The molecule has 0 N–H and O–H groups in total. The molecule has 0 spiro atoms. The van der Waals surface area contributed by atoms with Gasteiger partial charge >= 0.3 is 6.18 Å². The smallest absolute Gasteiger partial charge is 0.206 e. The molecule has 13 heavy (non-hydrogen) atoms.